The minimum Gasteiger partial charge on any atom is -0.485 e. The van der Waals surface area contributed by atoms with Crippen LogP contribution in [0.2, 0.25) is 0 Å². The van der Waals surface area contributed by atoms with Gasteiger partial charge in [-0.05, 0) is 26.2 Å². The predicted octanol–water partition coefficient (Wildman–Crippen LogP) is -0.260. The summed E-state index contributed by atoms with van der Waals surface area (Å²) in [5, 5.41) is 11.1. The third-order valence-corrected chi connectivity index (χ3v) is 4.32. The molecule has 3 rings (SSSR count). The average molecular weight is 334 g/mol. The molecule has 0 radical (unpaired) electrons. The SMILES string of the molecule is Cc1nn(CC(=O)N[C@H]2CCC[C@H]2Oc2cnn(C)c2)c(=O)n1C. The van der Waals surface area contributed by atoms with Gasteiger partial charge in [-0.15, -0.1) is 0 Å². The van der Waals surface area contributed by atoms with E-state index in [0.717, 1.165) is 19.3 Å². The monoisotopic (exact) mass is 334 g/mol. The molecule has 1 amide bonds. The number of nitrogens with zero attached hydrogens (tertiary/aromatic N) is 5. The molecular formula is C15H22N6O3. The second-order valence-corrected chi connectivity index (χ2v) is 6.16. The number of rotatable bonds is 5. The third-order valence-electron chi connectivity index (χ3n) is 4.32. The minimum absolute atomic E-state index is 0.0711. The zero-order valence-electron chi connectivity index (χ0n) is 14.1. The molecular weight excluding hydrogens is 312 g/mol. The fourth-order valence-electron chi connectivity index (χ4n) is 2.95. The van der Waals surface area contributed by atoms with Crippen LogP contribution in [0.3, 0.4) is 0 Å². The molecule has 24 heavy (non-hydrogen) atoms. The van der Waals surface area contributed by atoms with Crippen molar-refractivity contribution in [1.82, 2.24) is 29.4 Å². The number of hydrogen-bond donors (Lipinski definition) is 1. The van der Waals surface area contributed by atoms with Crippen molar-refractivity contribution in [3.8, 4) is 5.75 Å². The van der Waals surface area contributed by atoms with Gasteiger partial charge in [-0.25, -0.2) is 9.48 Å². The molecule has 1 fully saturated rings. The lowest BCUT2D eigenvalue weighted by Crippen LogP contribution is -2.44. The number of aromatic nitrogens is 5. The maximum atomic E-state index is 12.3. The van der Waals surface area contributed by atoms with Crippen LogP contribution in [0.1, 0.15) is 25.1 Å². The maximum Gasteiger partial charge on any atom is 0.346 e. The summed E-state index contributed by atoms with van der Waals surface area (Å²) in [5.74, 6) is 1.04. The number of nitrogens with one attached hydrogen (secondary N) is 1. The Morgan fingerprint density at radius 2 is 2.21 bits per heavy atom. The molecule has 9 heteroatoms. The number of amides is 1. The van der Waals surface area contributed by atoms with Gasteiger partial charge in [-0.2, -0.15) is 10.2 Å². The number of aryl methyl sites for hydroxylation is 2. The molecule has 0 saturated heterocycles. The van der Waals surface area contributed by atoms with E-state index in [0.29, 0.717) is 11.6 Å². The van der Waals surface area contributed by atoms with Crippen molar-refractivity contribution in [3.63, 3.8) is 0 Å². The van der Waals surface area contributed by atoms with Gasteiger partial charge in [0, 0.05) is 14.1 Å². The molecule has 2 aromatic rings. The fraction of sp³-hybridized carbons (Fsp3) is 0.600. The highest BCUT2D eigenvalue weighted by molar-refractivity contribution is 5.76. The van der Waals surface area contributed by atoms with Crippen LogP contribution >= 0.6 is 0 Å². The molecule has 1 saturated carbocycles. The highest BCUT2D eigenvalue weighted by Crippen LogP contribution is 2.24. The van der Waals surface area contributed by atoms with Gasteiger partial charge >= 0.3 is 5.69 Å². The first-order chi connectivity index (χ1) is 11.4. The summed E-state index contributed by atoms with van der Waals surface area (Å²) >= 11 is 0. The highest BCUT2D eigenvalue weighted by Gasteiger charge is 2.30. The first-order valence-corrected chi connectivity index (χ1v) is 7.99. The Kier molecular flexibility index (Phi) is 4.41. The van der Waals surface area contributed by atoms with Gasteiger partial charge in [0.2, 0.25) is 5.91 Å². The van der Waals surface area contributed by atoms with Crippen LogP contribution in [0.5, 0.6) is 5.75 Å². The lowest BCUT2D eigenvalue weighted by molar-refractivity contribution is -0.123. The lowest BCUT2D eigenvalue weighted by Gasteiger charge is -2.21. The van der Waals surface area contributed by atoms with Crippen LogP contribution in [0.4, 0.5) is 0 Å². The molecule has 0 aliphatic heterocycles. The Morgan fingerprint density at radius 1 is 1.42 bits per heavy atom. The van der Waals surface area contributed by atoms with Crippen molar-refractivity contribution in [2.75, 3.05) is 0 Å². The van der Waals surface area contributed by atoms with Crippen molar-refractivity contribution >= 4 is 5.91 Å². The molecule has 9 nitrogen and oxygen atoms in total. The predicted molar refractivity (Wildman–Crippen MR) is 85.6 cm³/mol. The third kappa shape index (κ3) is 3.34. The van der Waals surface area contributed by atoms with Gasteiger partial charge in [0.05, 0.1) is 18.4 Å². The van der Waals surface area contributed by atoms with Gasteiger partial charge in [0.25, 0.3) is 0 Å². The molecule has 1 N–H and O–H groups in total. The molecule has 0 bridgehead atoms. The second kappa shape index (κ2) is 6.50. The number of carbonyl (C=O) groups excluding carboxylic acids is 1. The summed E-state index contributed by atoms with van der Waals surface area (Å²) < 4.78 is 10.2. The van der Waals surface area contributed by atoms with Gasteiger partial charge in [-0.3, -0.25) is 14.0 Å². The topological polar surface area (TPSA) is 96.0 Å². The van der Waals surface area contributed by atoms with Gasteiger partial charge in [0.1, 0.15) is 18.5 Å². The summed E-state index contributed by atoms with van der Waals surface area (Å²) in [4.78, 5) is 24.2. The van der Waals surface area contributed by atoms with E-state index >= 15 is 0 Å². The highest BCUT2D eigenvalue weighted by atomic mass is 16.5. The quantitative estimate of drug-likeness (QED) is 0.813. The van der Waals surface area contributed by atoms with Gasteiger partial charge in [0.15, 0.2) is 5.75 Å². The molecule has 0 aromatic carbocycles. The van der Waals surface area contributed by atoms with E-state index in [1.165, 1.54) is 9.25 Å². The normalized spacial score (nSPS) is 20.3. The van der Waals surface area contributed by atoms with Crippen LogP contribution in [-0.4, -0.2) is 42.2 Å². The first kappa shape index (κ1) is 16.3. The van der Waals surface area contributed by atoms with E-state index in [1.54, 1.807) is 31.0 Å². The molecule has 2 heterocycles. The summed E-state index contributed by atoms with van der Waals surface area (Å²) in [6.07, 6.45) is 6.09. The van der Waals surface area contributed by atoms with Crippen molar-refractivity contribution in [2.45, 2.75) is 44.9 Å². The standard InChI is InChI=1S/C15H22N6O3/c1-10-18-21(15(23)20(10)3)9-14(22)17-12-5-4-6-13(12)24-11-7-16-19(2)8-11/h7-8,12-13H,4-6,9H2,1-3H3,(H,17,22)/t12-,13+/m0/s1. The van der Waals surface area contributed by atoms with E-state index in [4.69, 9.17) is 4.74 Å². The van der Waals surface area contributed by atoms with E-state index in [2.05, 4.69) is 15.5 Å². The molecule has 1 aliphatic rings. The lowest BCUT2D eigenvalue weighted by atomic mass is 10.2. The Morgan fingerprint density at radius 3 is 2.83 bits per heavy atom. The number of ether oxygens (including phenoxy) is 1. The Bertz CT molecular complexity index is 789. The molecule has 2 aromatic heterocycles. The fourth-order valence-corrected chi connectivity index (χ4v) is 2.95. The maximum absolute atomic E-state index is 12.3. The minimum atomic E-state index is -0.294. The van der Waals surface area contributed by atoms with E-state index < -0.39 is 0 Å². The summed E-state index contributed by atoms with van der Waals surface area (Å²) in [6.45, 7) is 1.64. The van der Waals surface area contributed by atoms with Crippen molar-refractivity contribution in [3.05, 3.63) is 28.7 Å². The van der Waals surface area contributed by atoms with E-state index in [-0.39, 0.29) is 30.3 Å². The summed E-state index contributed by atoms with van der Waals surface area (Å²) in [7, 11) is 3.46. The molecule has 130 valence electrons. The van der Waals surface area contributed by atoms with Crippen molar-refractivity contribution in [2.24, 2.45) is 14.1 Å². The van der Waals surface area contributed by atoms with Crippen LogP contribution in [0.25, 0.3) is 0 Å². The van der Waals surface area contributed by atoms with Crippen molar-refractivity contribution in [1.29, 1.82) is 0 Å². The molecule has 1 aliphatic carbocycles. The largest absolute Gasteiger partial charge is 0.485 e. The zero-order valence-corrected chi connectivity index (χ0v) is 14.1. The average Bonchev–Trinajstić information content (AvgIpc) is 3.19. The Hall–Kier alpha value is -2.58. The van der Waals surface area contributed by atoms with E-state index in [9.17, 15) is 9.59 Å². The van der Waals surface area contributed by atoms with Crippen LogP contribution in [0, 0.1) is 6.92 Å². The second-order valence-electron chi connectivity index (χ2n) is 6.16. The first-order valence-electron chi connectivity index (χ1n) is 7.99. The van der Waals surface area contributed by atoms with Gasteiger partial charge < -0.3 is 10.1 Å². The van der Waals surface area contributed by atoms with Crippen LogP contribution < -0.4 is 15.7 Å². The molecule has 0 spiro atoms. The summed E-state index contributed by atoms with van der Waals surface area (Å²) in [6, 6.07) is -0.0711. The smallest absolute Gasteiger partial charge is 0.346 e. The van der Waals surface area contributed by atoms with Gasteiger partial charge in [-0.1, -0.05) is 0 Å². The van der Waals surface area contributed by atoms with E-state index in [1.807, 2.05) is 7.05 Å². The van der Waals surface area contributed by atoms with Crippen LogP contribution in [0.15, 0.2) is 17.2 Å². The Balaban J connectivity index is 1.60. The Labute approximate surface area is 139 Å². The summed E-state index contributed by atoms with van der Waals surface area (Å²) in [5.41, 5.74) is -0.294. The van der Waals surface area contributed by atoms with Crippen LogP contribution in [-0.2, 0) is 25.4 Å². The van der Waals surface area contributed by atoms with Crippen molar-refractivity contribution < 1.29 is 9.53 Å². The number of carbonyl (C=O) groups is 1. The molecule has 2 atom stereocenters. The zero-order chi connectivity index (χ0) is 17.3. The molecule has 0 unspecified atom stereocenters. The number of hydrogen-bond acceptors (Lipinski definition) is 5.